The van der Waals surface area contributed by atoms with Crippen molar-refractivity contribution in [3.8, 4) is 0 Å². The molecule has 0 aliphatic heterocycles. The maximum atomic E-state index is 11.9. The molecule has 0 aliphatic rings. The summed E-state index contributed by atoms with van der Waals surface area (Å²) in [6.07, 6.45) is 1.30. The number of nitrogen functional groups attached to an aromatic ring is 1. The van der Waals surface area contributed by atoms with Crippen molar-refractivity contribution in [1.82, 2.24) is 19.1 Å². The molecule has 0 spiro atoms. The highest BCUT2D eigenvalue weighted by atomic mass is 32.1. The molecule has 90 valence electrons. The third-order valence-electron chi connectivity index (χ3n) is 2.65. The Balaban J connectivity index is 2.19. The molecule has 2 aromatic heterocycles. The van der Waals surface area contributed by atoms with Crippen LogP contribution in [0.2, 0.25) is 0 Å². The second kappa shape index (κ2) is 4.19. The van der Waals surface area contributed by atoms with Gasteiger partial charge in [-0.05, 0) is 12.1 Å². The molecule has 0 atom stereocenters. The van der Waals surface area contributed by atoms with E-state index >= 15 is 0 Å². The number of nitrogens with two attached hydrogens (primary N) is 1. The van der Waals surface area contributed by atoms with Crippen LogP contribution in [-0.2, 0) is 6.54 Å². The Labute approximate surface area is 106 Å². The van der Waals surface area contributed by atoms with Gasteiger partial charge < -0.3 is 5.73 Å². The average molecular weight is 259 g/mol. The quantitative estimate of drug-likeness (QED) is 0.738. The number of nitrogens with zero attached hydrogens (tertiary/aromatic N) is 4. The van der Waals surface area contributed by atoms with Gasteiger partial charge in [0.25, 0.3) is 5.56 Å². The molecule has 3 aromatic rings. The summed E-state index contributed by atoms with van der Waals surface area (Å²) in [4.78, 5) is 16.0. The van der Waals surface area contributed by atoms with Crippen LogP contribution in [-0.4, -0.2) is 19.1 Å². The van der Waals surface area contributed by atoms with E-state index in [0.717, 1.165) is 22.6 Å². The fraction of sp³-hybridized carbons (Fsp3) is 0.0909. The van der Waals surface area contributed by atoms with Gasteiger partial charge in [-0.3, -0.25) is 9.36 Å². The molecular formula is C11H9N5OS. The average Bonchev–Trinajstić information content (AvgIpc) is 2.79. The summed E-state index contributed by atoms with van der Waals surface area (Å²) in [5.41, 5.74) is 7.70. The Kier molecular flexibility index (Phi) is 2.52. The highest BCUT2D eigenvalue weighted by molar-refractivity contribution is 7.09. The van der Waals surface area contributed by atoms with Crippen molar-refractivity contribution in [3.05, 3.63) is 46.5 Å². The van der Waals surface area contributed by atoms with E-state index in [0.29, 0.717) is 17.2 Å². The summed E-state index contributed by atoms with van der Waals surface area (Å²) in [7, 11) is 0. The molecule has 7 heteroatoms. The van der Waals surface area contributed by atoms with Crippen LogP contribution in [0.15, 0.2) is 35.3 Å². The molecule has 6 nitrogen and oxygen atoms in total. The van der Waals surface area contributed by atoms with Crippen LogP contribution in [0.4, 0.5) is 5.00 Å². The second-order valence-corrected chi connectivity index (χ2v) is 4.54. The first-order valence-electron chi connectivity index (χ1n) is 5.27. The molecule has 1 aromatic carbocycles. The van der Waals surface area contributed by atoms with Crippen LogP contribution in [0.3, 0.4) is 0 Å². The minimum Gasteiger partial charge on any atom is -0.388 e. The number of rotatable bonds is 2. The third kappa shape index (κ3) is 1.74. The Morgan fingerprint density at radius 1 is 1.33 bits per heavy atom. The highest BCUT2D eigenvalue weighted by Gasteiger charge is 2.09. The number of hydrogen-bond acceptors (Lipinski definition) is 6. The van der Waals surface area contributed by atoms with E-state index in [9.17, 15) is 4.79 Å². The van der Waals surface area contributed by atoms with Crippen molar-refractivity contribution in [3.63, 3.8) is 0 Å². The Bertz CT molecular complexity index is 763. The van der Waals surface area contributed by atoms with Gasteiger partial charge in [-0.15, -0.1) is 5.10 Å². The van der Waals surface area contributed by atoms with Gasteiger partial charge in [-0.25, -0.2) is 4.98 Å². The van der Waals surface area contributed by atoms with Crippen LogP contribution in [0.5, 0.6) is 0 Å². The Morgan fingerprint density at radius 3 is 2.94 bits per heavy atom. The van der Waals surface area contributed by atoms with Gasteiger partial charge in [-0.2, -0.15) is 0 Å². The highest BCUT2D eigenvalue weighted by Crippen LogP contribution is 2.15. The molecule has 0 radical (unpaired) electrons. The lowest BCUT2D eigenvalue weighted by Gasteiger charge is -2.07. The molecule has 2 N–H and O–H groups in total. The van der Waals surface area contributed by atoms with Crippen molar-refractivity contribution in [2.45, 2.75) is 6.54 Å². The molecule has 18 heavy (non-hydrogen) atoms. The first kappa shape index (κ1) is 10.8. The molecule has 3 rings (SSSR count). The van der Waals surface area contributed by atoms with Gasteiger partial charge in [0.2, 0.25) is 0 Å². The Morgan fingerprint density at radius 2 is 2.17 bits per heavy atom. The number of fused-ring (bicyclic) bond motifs is 1. The molecule has 2 heterocycles. The smallest absolute Gasteiger partial charge is 0.269 e. The predicted octanol–water partition coefficient (Wildman–Crippen LogP) is 0.878. The van der Waals surface area contributed by atoms with Crippen molar-refractivity contribution >= 4 is 27.6 Å². The number of para-hydroxylation sites is 2. The second-order valence-electron chi connectivity index (χ2n) is 3.76. The first-order valence-corrected chi connectivity index (χ1v) is 6.04. The van der Waals surface area contributed by atoms with Crippen molar-refractivity contribution in [2.75, 3.05) is 5.73 Å². The zero-order valence-corrected chi connectivity index (χ0v) is 10.1. The number of hydrogen-bond donors (Lipinski definition) is 1. The van der Waals surface area contributed by atoms with Gasteiger partial charge in [0.1, 0.15) is 10.7 Å². The van der Waals surface area contributed by atoms with Gasteiger partial charge in [-0.1, -0.05) is 16.6 Å². The maximum absolute atomic E-state index is 11.9. The molecule has 0 amide bonds. The van der Waals surface area contributed by atoms with Gasteiger partial charge in [0.05, 0.1) is 23.8 Å². The number of aromatic nitrogens is 4. The molecule has 0 saturated heterocycles. The van der Waals surface area contributed by atoms with Gasteiger partial charge in [0, 0.05) is 11.5 Å². The van der Waals surface area contributed by atoms with E-state index in [1.807, 2.05) is 24.3 Å². The maximum Gasteiger partial charge on any atom is 0.269 e. The summed E-state index contributed by atoms with van der Waals surface area (Å²) in [5, 5.41) is 4.45. The normalized spacial score (nSPS) is 10.9. The van der Waals surface area contributed by atoms with Crippen molar-refractivity contribution < 1.29 is 0 Å². The van der Waals surface area contributed by atoms with E-state index in [2.05, 4.69) is 14.6 Å². The van der Waals surface area contributed by atoms with Gasteiger partial charge in [0.15, 0.2) is 0 Å². The lowest BCUT2D eigenvalue weighted by molar-refractivity contribution is 0.761. The lowest BCUT2D eigenvalue weighted by atomic mass is 10.3. The van der Waals surface area contributed by atoms with Crippen LogP contribution >= 0.6 is 11.5 Å². The Hall–Kier alpha value is -2.28. The summed E-state index contributed by atoms with van der Waals surface area (Å²) in [6, 6.07) is 7.44. The number of benzene rings is 1. The van der Waals surface area contributed by atoms with E-state index in [-0.39, 0.29) is 5.56 Å². The largest absolute Gasteiger partial charge is 0.388 e. The van der Waals surface area contributed by atoms with Crippen LogP contribution < -0.4 is 11.3 Å². The fourth-order valence-corrected chi connectivity index (χ4v) is 2.19. The summed E-state index contributed by atoms with van der Waals surface area (Å²) >= 11 is 1.12. The fourth-order valence-electron chi connectivity index (χ4n) is 1.75. The molecule has 0 fully saturated rings. The van der Waals surface area contributed by atoms with E-state index in [1.54, 1.807) is 4.57 Å². The molecule has 0 unspecified atom stereocenters. The molecule has 0 bridgehead atoms. The molecule has 0 aliphatic carbocycles. The summed E-state index contributed by atoms with van der Waals surface area (Å²) < 4.78 is 5.36. The SMILES string of the molecule is Nc1snnc1Cn1c(=O)cnc2ccccc21. The summed E-state index contributed by atoms with van der Waals surface area (Å²) in [5.74, 6) is 0. The van der Waals surface area contributed by atoms with E-state index < -0.39 is 0 Å². The molecule has 0 saturated carbocycles. The van der Waals surface area contributed by atoms with Gasteiger partial charge >= 0.3 is 0 Å². The zero-order valence-electron chi connectivity index (χ0n) is 9.28. The van der Waals surface area contributed by atoms with E-state index in [1.165, 1.54) is 6.20 Å². The minimum atomic E-state index is -0.180. The van der Waals surface area contributed by atoms with Crippen molar-refractivity contribution in [1.29, 1.82) is 0 Å². The topological polar surface area (TPSA) is 86.7 Å². The lowest BCUT2D eigenvalue weighted by Crippen LogP contribution is -2.21. The third-order valence-corrected chi connectivity index (χ3v) is 3.24. The van der Waals surface area contributed by atoms with Crippen LogP contribution in [0.1, 0.15) is 5.69 Å². The zero-order chi connectivity index (χ0) is 12.5. The number of anilines is 1. The van der Waals surface area contributed by atoms with E-state index in [4.69, 9.17) is 5.73 Å². The monoisotopic (exact) mass is 259 g/mol. The molecular weight excluding hydrogens is 250 g/mol. The summed E-state index contributed by atoms with van der Waals surface area (Å²) in [6.45, 7) is 0.310. The van der Waals surface area contributed by atoms with Crippen molar-refractivity contribution in [2.24, 2.45) is 0 Å². The minimum absolute atomic E-state index is 0.180. The first-order chi connectivity index (χ1) is 8.75. The predicted molar refractivity (Wildman–Crippen MR) is 69.4 cm³/mol. The standard InChI is InChI=1S/C11H9N5OS/c12-11-8(14-15-18-11)6-16-9-4-2-1-3-7(9)13-5-10(16)17/h1-5H,6,12H2. The van der Waals surface area contributed by atoms with Crippen LogP contribution in [0.25, 0.3) is 11.0 Å². The van der Waals surface area contributed by atoms with Crippen LogP contribution in [0, 0.1) is 0 Å².